The number of carbonyl (C=O) groups excluding carboxylic acids is 2. The number of hydrogen-bond acceptors (Lipinski definition) is 4. The molecular weight excluding hydrogens is 387 g/mol. The molecule has 1 heterocycles. The molecule has 4 rings (SSSR count). The number of benzene rings is 2. The number of hydrogen-bond donors (Lipinski definition) is 1. The quantitative estimate of drug-likeness (QED) is 0.677. The molecule has 0 atom stereocenters. The van der Waals surface area contributed by atoms with E-state index in [1.165, 1.54) is 23.0 Å². The molecule has 1 aliphatic carbocycles. The van der Waals surface area contributed by atoms with E-state index in [0.717, 1.165) is 24.5 Å². The fraction of sp³-hybridized carbons (Fsp3) is 0.273. The number of aromatic nitrogens is 2. The molecule has 0 aliphatic heterocycles. The standard InChI is InChI=1S/C22H21FN4O3/c1-24-21(29)15-4-2-14(3-5-15)11-27(17-7-8-17)20(28)12-26-13-25-19-9-6-16(23)10-18(19)22(26)30/h2-6,9-10,13,17H,7-8,11-12H2,1H3,(H,24,29). The first-order chi connectivity index (χ1) is 14.5. The van der Waals surface area contributed by atoms with Gasteiger partial charge in [0.15, 0.2) is 0 Å². The van der Waals surface area contributed by atoms with Crippen molar-refractivity contribution in [2.24, 2.45) is 0 Å². The van der Waals surface area contributed by atoms with Crippen molar-refractivity contribution in [1.82, 2.24) is 19.8 Å². The van der Waals surface area contributed by atoms with Crippen LogP contribution >= 0.6 is 0 Å². The third-order valence-electron chi connectivity index (χ3n) is 5.20. The molecule has 30 heavy (non-hydrogen) atoms. The highest BCUT2D eigenvalue weighted by atomic mass is 19.1. The lowest BCUT2D eigenvalue weighted by atomic mass is 10.1. The van der Waals surface area contributed by atoms with Crippen molar-refractivity contribution in [3.8, 4) is 0 Å². The lowest BCUT2D eigenvalue weighted by molar-refractivity contribution is -0.133. The zero-order valence-corrected chi connectivity index (χ0v) is 16.5. The van der Waals surface area contributed by atoms with Crippen LogP contribution in [0.15, 0.2) is 53.6 Å². The molecule has 1 aliphatic rings. The van der Waals surface area contributed by atoms with E-state index in [0.29, 0.717) is 17.6 Å². The van der Waals surface area contributed by atoms with E-state index in [4.69, 9.17) is 0 Å². The molecule has 3 aromatic rings. The van der Waals surface area contributed by atoms with Crippen LogP contribution in [0, 0.1) is 5.82 Å². The number of nitrogens with one attached hydrogen (secondary N) is 1. The van der Waals surface area contributed by atoms with Gasteiger partial charge in [0.25, 0.3) is 11.5 Å². The summed E-state index contributed by atoms with van der Waals surface area (Å²) in [4.78, 5) is 43.2. The summed E-state index contributed by atoms with van der Waals surface area (Å²) in [6, 6.07) is 11.0. The van der Waals surface area contributed by atoms with Crippen LogP contribution in [0.25, 0.3) is 10.9 Å². The molecule has 8 heteroatoms. The maximum absolute atomic E-state index is 13.5. The number of amides is 2. The highest BCUT2D eigenvalue weighted by Crippen LogP contribution is 2.28. The van der Waals surface area contributed by atoms with Crippen LogP contribution in [0.4, 0.5) is 4.39 Å². The van der Waals surface area contributed by atoms with Crippen molar-refractivity contribution in [3.63, 3.8) is 0 Å². The van der Waals surface area contributed by atoms with E-state index in [2.05, 4.69) is 10.3 Å². The second kappa shape index (κ2) is 8.06. The number of halogens is 1. The van der Waals surface area contributed by atoms with Gasteiger partial charge in [-0.2, -0.15) is 0 Å². The molecule has 2 aromatic carbocycles. The SMILES string of the molecule is CNC(=O)c1ccc(CN(C(=O)Cn2cnc3ccc(F)cc3c2=O)C2CC2)cc1. The van der Waals surface area contributed by atoms with Crippen molar-refractivity contribution in [1.29, 1.82) is 0 Å². The van der Waals surface area contributed by atoms with Gasteiger partial charge in [0.2, 0.25) is 5.91 Å². The Morgan fingerprint density at radius 3 is 2.60 bits per heavy atom. The first-order valence-corrected chi connectivity index (χ1v) is 9.71. The van der Waals surface area contributed by atoms with Gasteiger partial charge >= 0.3 is 0 Å². The Kier molecular flexibility index (Phi) is 5.31. The number of fused-ring (bicyclic) bond motifs is 1. The summed E-state index contributed by atoms with van der Waals surface area (Å²) in [5, 5.41) is 2.72. The van der Waals surface area contributed by atoms with Crippen LogP contribution in [-0.2, 0) is 17.9 Å². The van der Waals surface area contributed by atoms with E-state index in [9.17, 15) is 18.8 Å². The van der Waals surface area contributed by atoms with Crippen LogP contribution in [-0.4, -0.2) is 39.4 Å². The minimum atomic E-state index is -0.523. The highest BCUT2D eigenvalue weighted by molar-refractivity contribution is 5.94. The second-order valence-electron chi connectivity index (χ2n) is 7.37. The summed E-state index contributed by atoms with van der Waals surface area (Å²) in [6.45, 7) is 0.229. The van der Waals surface area contributed by atoms with Crippen LogP contribution in [0.3, 0.4) is 0 Å². The Balaban J connectivity index is 1.53. The zero-order chi connectivity index (χ0) is 21.3. The number of carbonyl (C=O) groups is 2. The molecular formula is C22H21FN4O3. The van der Waals surface area contributed by atoms with Crippen LogP contribution in [0.5, 0.6) is 0 Å². The zero-order valence-electron chi connectivity index (χ0n) is 16.5. The van der Waals surface area contributed by atoms with Gasteiger partial charge in [-0.15, -0.1) is 0 Å². The van der Waals surface area contributed by atoms with E-state index in [-0.39, 0.29) is 29.8 Å². The summed E-state index contributed by atoms with van der Waals surface area (Å²) in [6.07, 6.45) is 3.15. The molecule has 1 fully saturated rings. The van der Waals surface area contributed by atoms with Crippen molar-refractivity contribution >= 4 is 22.7 Å². The van der Waals surface area contributed by atoms with E-state index in [1.54, 1.807) is 24.1 Å². The highest BCUT2D eigenvalue weighted by Gasteiger charge is 2.32. The van der Waals surface area contributed by atoms with E-state index in [1.807, 2.05) is 12.1 Å². The molecule has 0 saturated heterocycles. The predicted octanol–water partition coefficient (Wildman–Crippen LogP) is 2.09. The van der Waals surface area contributed by atoms with Gasteiger partial charge in [-0.05, 0) is 48.7 Å². The van der Waals surface area contributed by atoms with Gasteiger partial charge in [-0.3, -0.25) is 19.0 Å². The molecule has 7 nitrogen and oxygen atoms in total. The van der Waals surface area contributed by atoms with Gasteiger partial charge in [0, 0.05) is 25.2 Å². The topological polar surface area (TPSA) is 84.3 Å². The Labute approximate surface area is 172 Å². The van der Waals surface area contributed by atoms with Crippen LogP contribution < -0.4 is 10.9 Å². The van der Waals surface area contributed by atoms with E-state index >= 15 is 0 Å². The monoisotopic (exact) mass is 408 g/mol. The van der Waals surface area contributed by atoms with E-state index < -0.39 is 11.4 Å². The van der Waals surface area contributed by atoms with Crippen LogP contribution in [0.1, 0.15) is 28.8 Å². The summed E-state index contributed by atoms with van der Waals surface area (Å²) in [5.74, 6) is -0.894. The molecule has 2 amide bonds. The van der Waals surface area contributed by atoms with Crippen molar-refractivity contribution in [2.45, 2.75) is 32.0 Å². The minimum Gasteiger partial charge on any atom is -0.355 e. The van der Waals surface area contributed by atoms with Crippen molar-refractivity contribution < 1.29 is 14.0 Å². The molecule has 0 unspecified atom stereocenters. The molecule has 0 bridgehead atoms. The lowest BCUT2D eigenvalue weighted by Crippen LogP contribution is -2.37. The summed E-state index contributed by atoms with van der Waals surface area (Å²) in [5.41, 5.74) is 1.39. The maximum Gasteiger partial charge on any atom is 0.261 e. The average Bonchev–Trinajstić information content (AvgIpc) is 3.59. The minimum absolute atomic E-state index is 0.137. The lowest BCUT2D eigenvalue weighted by Gasteiger charge is -2.23. The van der Waals surface area contributed by atoms with Crippen molar-refractivity contribution in [2.75, 3.05) is 7.05 Å². The summed E-state index contributed by atoms with van der Waals surface area (Å²) < 4.78 is 14.7. The Morgan fingerprint density at radius 1 is 1.20 bits per heavy atom. The number of rotatable bonds is 6. The first-order valence-electron chi connectivity index (χ1n) is 9.71. The first kappa shape index (κ1) is 19.8. The van der Waals surface area contributed by atoms with Gasteiger partial charge in [0.1, 0.15) is 12.4 Å². The predicted molar refractivity (Wildman–Crippen MR) is 109 cm³/mol. The fourth-order valence-electron chi connectivity index (χ4n) is 3.39. The van der Waals surface area contributed by atoms with Gasteiger partial charge in [-0.25, -0.2) is 9.37 Å². The molecule has 154 valence electrons. The Hall–Kier alpha value is -3.55. The third-order valence-corrected chi connectivity index (χ3v) is 5.20. The molecule has 0 radical (unpaired) electrons. The Morgan fingerprint density at radius 2 is 1.93 bits per heavy atom. The van der Waals surface area contributed by atoms with Gasteiger partial charge < -0.3 is 10.2 Å². The summed E-state index contributed by atoms with van der Waals surface area (Å²) in [7, 11) is 1.57. The Bertz CT molecular complexity index is 1170. The normalized spacial score (nSPS) is 13.3. The largest absolute Gasteiger partial charge is 0.355 e. The van der Waals surface area contributed by atoms with Crippen molar-refractivity contribution in [3.05, 3.63) is 76.1 Å². The third kappa shape index (κ3) is 4.07. The molecule has 1 aromatic heterocycles. The van der Waals surface area contributed by atoms with Crippen LogP contribution in [0.2, 0.25) is 0 Å². The van der Waals surface area contributed by atoms with Gasteiger partial charge in [0.05, 0.1) is 17.2 Å². The second-order valence-corrected chi connectivity index (χ2v) is 7.37. The smallest absolute Gasteiger partial charge is 0.261 e. The average molecular weight is 408 g/mol. The van der Waals surface area contributed by atoms with Gasteiger partial charge in [-0.1, -0.05) is 12.1 Å². The maximum atomic E-state index is 13.5. The molecule has 1 saturated carbocycles. The molecule has 1 N–H and O–H groups in total. The fourth-order valence-corrected chi connectivity index (χ4v) is 3.39. The summed E-state index contributed by atoms with van der Waals surface area (Å²) >= 11 is 0. The molecule has 0 spiro atoms. The number of nitrogens with zero attached hydrogens (tertiary/aromatic N) is 3.